The zero-order valence-corrected chi connectivity index (χ0v) is 12.3. The molecule has 1 N–H and O–H groups in total. The molecular weight excluding hydrogens is 291 g/mol. The molecule has 0 aromatic heterocycles. The van der Waals surface area contributed by atoms with Crippen molar-refractivity contribution in [3.63, 3.8) is 0 Å². The van der Waals surface area contributed by atoms with Crippen molar-refractivity contribution in [2.24, 2.45) is 0 Å². The van der Waals surface area contributed by atoms with Crippen molar-refractivity contribution in [1.29, 1.82) is 5.26 Å². The Morgan fingerprint density at radius 1 is 1.23 bits per heavy atom. The predicted molar refractivity (Wildman–Crippen MR) is 77.5 cm³/mol. The van der Waals surface area contributed by atoms with E-state index in [0.29, 0.717) is 17.8 Å². The lowest BCUT2D eigenvalue weighted by Crippen LogP contribution is -2.47. The van der Waals surface area contributed by atoms with Crippen LogP contribution in [0.2, 0.25) is 0 Å². The normalized spacial score (nSPS) is 27.5. The number of nitrogens with zero attached hydrogens (tertiary/aromatic N) is 2. The van der Waals surface area contributed by atoms with Crippen LogP contribution >= 0.6 is 0 Å². The first kappa shape index (κ1) is 15.2. The number of nitriles is 1. The van der Waals surface area contributed by atoms with Crippen molar-refractivity contribution in [2.45, 2.75) is 50.0 Å². The van der Waals surface area contributed by atoms with Crippen molar-refractivity contribution in [3.05, 3.63) is 29.3 Å². The van der Waals surface area contributed by atoms with Crippen LogP contribution in [-0.2, 0) is 6.18 Å². The summed E-state index contributed by atoms with van der Waals surface area (Å²) in [7, 11) is 1.87. The van der Waals surface area contributed by atoms with E-state index in [0.717, 1.165) is 37.8 Å². The maximum absolute atomic E-state index is 12.8. The van der Waals surface area contributed by atoms with Crippen molar-refractivity contribution >= 4 is 5.69 Å². The molecule has 2 aliphatic heterocycles. The Labute approximate surface area is 127 Å². The zero-order valence-electron chi connectivity index (χ0n) is 12.3. The molecule has 0 radical (unpaired) electrons. The monoisotopic (exact) mass is 309 g/mol. The van der Waals surface area contributed by atoms with Gasteiger partial charge in [-0.1, -0.05) is 0 Å². The fraction of sp³-hybridized carbons (Fsp3) is 0.562. The van der Waals surface area contributed by atoms with E-state index in [1.807, 2.05) is 18.0 Å². The molecule has 0 aliphatic carbocycles. The van der Waals surface area contributed by atoms with E-state index in [4.69, 9.17) is 0 Å². The third kappa shape index (κ3) is 2.78. The van der Waals surface area contributed by atoms with E-state index < -0.39 is 11.7 Å². The first-order valence-electron chi connectivity index (χ1n) is 7.48. The highest BCUT2D eigenvalue weighted by molar-refractivity contribution is 5.61. The first-order chi connectivity index (χ1) is 10.4. The molecule has 1 aromatic rings. The second-order valence-electron chi connectivity index (χ2n) is 6.22. The third-order valence-corrected chi connectivity index (χ3v) is 4.82. The van der Waals surface area contributed by atoms with Crippen LogP contribution in [0, 0.1) is 11.3 Å². The van der Waals surface area contributed by atoms with Crippen LogP contribution in [-0.4, -0.2) is 25.2 Å². The lowest BCUT2D eigenvalue weighted by Gasteiger charge is -2.37. The molecule has 22 heavy (non-hydrogen) atoms. The summed E-state index contributed by atoms with van der Waals surface area (Å²) in [6.07, 6.45) is -0.158. The number of fused-ring (bicyclic) bond motifs is 2. The van der Waals surface area contributed by atoms with Gasteiger partial charge in [-0.15, -0.1) is 0 Å². The highest BCUT2D eigenvalue weighted by Crippen LogP contribution is 2.35. The summed E-state index contributed by atoms with van der Waals surface area (Å²) in [5, 5.41) is 12.8. The Morgan fingerprint density at radius 2 is 1.86 bits per heavy atom. The smallest absolute Gasteiger partial charge is 0.370 e. The minimum Gasteiger partial charge on any atom is -0.370 e. The van der Waals surface area contributed by atoms with Gasteiger partial charge in [-0.05, 0) is 43.9 Å². The van der Waals surface area contributed by atoms with E-state index in [2.05, 4.69) is 5.32 Å². The number of rotatable bonds is 2. The van der Waals surface area contributed by atoms with E-state index >= 15 is 0 Å². The van der Waals surface area contributed by atoms with Crippen molar-refractivity contribution in [2.75, 3.05) is 11.9 Å². The second kappa shape index (κ2) is 5.47. The lowest BCUT2D eigenvalue weighted by molar-refractivity contribution is -0.137. The maximum Gasteiger partial charge on any atom is 0.416 e. The Bertz CT molecular complexity index is 594. The summed E-state index contributed by atoms with van der Waals surface area (Å²) >= 11 is 0. The molecule has 2 bridgehead atoms. The molecular formula is C16H18F3N3. The van der Waals surface area contributed by atoms with Gasteiger partial charge in [-0.3, -0.25) is 0 Å². The average Bonchev–Trinajstić information content (AvgIpc) is 2.83. The fourth-order valence-electron chi connectivity index (χ4n) is 3.65. The zero-order chi connectivity index (χ0) is 15.9. The minimum atomic E-state index is -4.42. The number of hydrogen-bond acceptors (Lipinski definition) is 3. The Hall–Kier alpha value is -1.74. The molecule has 2 atom stereocenters. The largest absolute Gasteiger partial charge is 0.416 e. The number of hydrogen-bond donors (Lipinski definition) is 1. The Kier molecular flexibility index (Phi) is 3.77. The second-order valence-corrected chi connectivity index (χ2v) is 6.22. The van der Waals surface area contributed by atoms with Crippen LogP contribution in [0.15, 0.2) is 18.2 Å². The Morgan fingerprint density at radius 3 is 2.41 bits per heavy atom. The molecule has 1 aromatic carbocycles. The molecule has 3 nitrogen and oxygen atoms in total. The van der Waals surface area contributed by atoms with Crippen LogP contribution in [0.4, 0.5) is 18.9 Å². The van der Waals surface area contributed by atoms with Gasteiger partial charge in [0.15, 0.2) is 0 Å². The summed E-state index contributed by atoms with van der Waals surface area (Å²) in [4.78, 5) is 1.98. The molecule has 0 saturated carbocycles. The highest BCUT2D eigenvalue weighted by atomic mass is 19.4. The van der Waals surface area contributed by atoms with Gasteiger partial charge in [-0.2, -0.15) is 18.4 Å². The maximum atomic E-state index is 12.8. The first-order valence-corrected chi connectivity index (χ1v) is 7.48. The SMILES string of the molecule is CN(c1ccc(C(F)(F)F)cc1C#N)C1CC2CCC(C1)N2. The molecule has 2 fully saturated rings. The van der Waals surface area contributed by atoms with E-state index in [-0.39, 0.29) is 11.6 Å². The van der Waals surface area contributed by atoms with Gasteiger partial charge >= 0.3 is 6.18 Å². The van der Waals surface area contributed by atoms with Gasteiger partial charge in [0.2, 0.25) is 0 Å². The standard InChI is InChI=1S/C16H18F3N3/c1-22(14-7-12-3-4-13(8-14)21-12)15-5-2-11(16(17,18)19)6-10(15)9-20/h2,5-6,12-14,21H,3-4,7-8H2,1H3. The van der Waals surface area contributed by atoms with Gasteiger partial charge < -0.3 is 10.2 Å². The molecule has 2 heterocycles. The lowest BCUT2D eigenvalue weighted by atomic mass is 9.97. The van der Waals surface area contributed by atoms with E-state index in [9.17, 15) is 18.4 Å². The van der Waals surface area contributed by atoms with Gasteiger partial charge in [0.25, 0.3) is 0 Å². The number of anilines is 1. The van der Waals surface area contributed by atoms with Crippen molar-refractivity contribution < 1.29 is 13.2 Å². The summed E-state index contributed by atoms with van der Waals surface area (Å²) in [6.45, 7) is 0. The van der Waals surface area contributed by atoms with Gasteiger partial charge in [-0.25, -0.2) is 0 Å². The molecule has 0 spiro atoms. The number of nitrogens with one attached hydrogen (secondary N) is 1. The van der Waals surface area contributed by atoms with Crippen molar-refractivity contribution in [1.82, 2.24) is 5.32 Å². The number of benzene rings is 1. The van der Waals surface area contributed by atoms with Crippen molar-refractivity contribution in [3.8, 4) is 6.07 Å². The van der Waals surface area contributed by atoms with Gasteiger partial charge in [0.1, 0.15) is 6.07 Å². The molecule has 0 amide bonds. The average molecular weight is 309 g/mol. The predicted octanol–water partition coefficient (Wildman–Crippen LogP) is 3.30. The van der Waals surface area contributed by atoms with E-state index in [1.165, 1.54) is 6.07 Å². The van der Waals surface area contributed by atoms with Crippen LogP contribution < -0.4 is 10.2 Å². The number of halogens is 3. The molecule has 118 valence electrons. The van der Waals surface area contributed by atoms with Crippen LogP contribution in [0.1, 0.15) is 36.8 Å². The quantitative estimate of drug-likeness (QED) is 0.911. The van der Waals surface area contributed by atoms with Crippen LogP contribution in [0.25, 0.3) is 0 Å². The molecule has 6 heteroatoms. The summed E-state index contributed by atoms with van der Waals surface area (Å²) in [5.74, 6) is 0. The number of piperidine rings is 1. The van der Waals surface area contributed by atoms with Gasteiger partial charge in [0.05, 0.1) is 16.8 Å². The van der Waals surface area contributed by atoms with Crippen LogP contribution in [0.5, 0.6) is 0 Å². The molecule has 2 saturated heterocycles. The van der Waals surface area contributed by atoms with Crippen LogP contribution in [0.3, 0.4) is 0 Å². The summed E-state index contributed by atoms with van der Waals surface area (Å²) in [6, 6.07) is 6.58. The highest BCUT2D eigenvalue weighted by Gasteiger charge is 2.36. The topological polar surface area (TPSA) is 39.1 Å². The fourth-order valence-corrected chi connectivity index (χ4v) is 3.65. The third-order valence-electron chi connectivity index (χ3n) is 4.82. The minimum absolute atomic E-state index is 0.0863. The Balaban J connectivity index is 1.86. The van der Waals surface area contributed by atoms with E-state index in [1.54, 1.807) is 0 Å². The molecule has 3 rings (SSSR count). The molecule has 2 aliphatic rings. The summed E-state index contributed by atoms with van der Waals surface area (Å²) < 4.78 is 38.3. The molecule has 2 unspecified atom stereocenters. The van der Waals surface area contributed by atoms with Gasteiger partial charge in [0, 0.05) is 25.2 Å². The summed E-state index contributed by atoms with van der Waals surface area (Å²) in [5.41, 5.74) is -0.100. The number of alkyl halides is 3.